The number of benzene rings is 1. The van der Waals surface area contributed by atoms with Crippen LogP contribution >= 0.6 is 0 Å². The third kappa shape index (κ3) is 8.02. The zero-order valence-electron chi connectivity index (χ0n) is 15.5. The lowest BCUT2D eigenvalue weighted by Crippen LogP contribution is -2.42. The van der Waals surface area contributed by atoms with Gasteiger partial charge in [-0.3, -0.25) is 9.79 Å². The van der Waals surface area contributed by atoms with E-state index in [-0.39, 0.29) is 17.7 Å². The van der Waals surface area contributed by atoms with Gasteiger partial charge >= 0.3 is 0 Å². The summed E-state index contributed by atoms with van der Waals surface area (Å²) >= 11 is 0. The second kappa shape index (κ2) is 9.41. The number of rotatable bonds is 7. The van der Waals surface area contributed by atoms with Crippen molar-refractivity contribution < 1.29 is 13.2 Å². The Balaban J connectivity index is 2.53. The fourth-order valence-corrected chi connectivity index (χ4v) is 2.88. The fourth-order valence-electron chi connectivity index (χ4n) is 2.10. The van der Waals surface area contributed by atoms with Gasteiger partial charge in [0, 0.05) is 45.5 Å². The summed E-state index contributed by atoms with van der Waals surface area (Å²) in [5, 5.41) is 6.35. The summed E-state index contributed by atoms with van der Waals surface area (Å²) in [7, 11) is 2.14. The standard InChI is InChI=1S/C17H28N4O3S/c1-13(10-11-25(5,23)24)20-17(18-2)19-12-14-6-8-15(9-7-14)16(22)21(3)4/h6-9,13H,10-12H2,1-5H3,(H2,18,19,20). The molecule has 0 aromatic heterocycles. The maximum Gasteiger partial charge on any atom is 0.253 e. The van der Waals surface area contributed by atoms with Crippen LogP contribution in [0.4, 0.5) is 0 Å². The molecule has 0 spiro atoms. The molecular formula is C17H28N4O3S. The minimum atomic E-state index is -2.97. The Kier molecular flexibility index (Phi) is 7.89. The van der Waals surface area contributed by atoms with Gasteiger partial charge in [-0.1, -0.05) is 12.1 Å². The molecule has 0 fully saturated rings. The number of hydrogen-bond acceptors (Lipinski definition) is 4. The third-order valence-electron chi connectivity index (χ3n) is 3.60. The molecule has 0 bridgehead atoms. The number of sulfone groups is 1. The van der Waals surface area contributed by atoms with E-state index < -0.39 is 9.84 Å². The van der Waals surface area contributed by atoms with Crippen LogP contribution in [0.1, 0.15) is 29.3 Å². The van der Waals surface area contributed by atoms with Crippen LogP contribution in [0, 0.1) is 0 Å². The molecule has 1 aromatic rings. The summed E-state index contributed by atoms with van der Waals surface area (Å²) in [6.07, 6.45) is 1.75. The lowest BCUT2D eigenvalue weighted by Gasteiger charge is -2.18. The van der Waals surface area contributed by atoms with Gasteiger partial charge in [0.1, 0.15) is 9.84 Å². The number of carbonyl (C=O) groups is 1. The molecule has 25 heavy (non-hydrogen) atoms. The number of guanidine groups is 1. The van der Waals surface area contributed by atoms with Crippen LogP contribution in [-0.4, -0.2) is 64.4 Å². The number of nitrogens with one attached hydrogen (secondary N) is 2. The largest absolute Gasteiger partial charge is 0.354 e. The van der Waals surface area contributed by atoms with Crippen molar-refractivity contribution in [3.05, 3.63) is 35.4 Å². The molecule has 1 aromatic carbocycles. The molecule has 0 aliphatic carbocycles. The van der Waals surface area contributed by atoms with E-state index in [1.165, 1.54) is 11.2 Å². The van der Waals surface area contributed by atoms with Crippen molar-refractivity contribution in [3.63, 3.8) is 0 Å². The van der Waals surface area contributed by atoms with Gasteiger partial charge in [-0.25, -0.2) is 8.42 Å². The molecular weight excluding hydrogens is 340 g/mol. The highest BCUT2D eigenvalue weighted by molar-refractivity contribution is 7.90. The van der Waals surface area contributed by atoms with Crippen molar-refractivity contribution >= 4 is 21.7 Å². The first kappa shape index (κ1) is 21.0. The topological polar surface area (TPSA) is 90.9 Å². The number of carbonyl (C=O) groups excluding carboxylic acids is 1. The van der Waals surface area contributed by atoms with Gasteiger partial charge in [0.2, 0.25) is 0 Å². The lowest BCUT2D eigenvalue weighted by molar-refractivity contribution is 0.0827. The van der Waals surface area contributed by atoms with Crippen molar-refractivity contribution in [2.75, 3.05) is 33.2 Å². The summed E-state index contributed by atoms with van der Waals surface area (Å²) in [6, 6.07) is 7.36. The molecule has 1 rings (SSSR count). The fraction of sp³-hybridized carbons (Fsp3) is 0.529. The number of nitrogens with zero attached hydrogens (tertiary/aromatic N) is 2. The van der Waals surface area contributed by atoms with Crippen LogP contribution in [0.3, 0.4) is 0 Å². The Labute approximate surface area is 150 Å². The molecule has 0 aliphatic heterocycles. The number of hydrogen-bond donors (Lipinski definition) is 2. The van der Waals surface area contributed by atoms with E-state index in [1.807, 2.05) is 19.1 Å². The first-order valence-electron chi connectivity index (χ1n) is 8.08. The smallest absolute Gasteiger partial charge is 0.253 e. The highest BCUT2D eigenvalue weighted by Crippen LogP contribution is 2.06. The van der Waals surface area contributed by atoms with Crippen molar-refractivity contribution in [2.24, 2.45) is 4.99 Å². The SMILES string of the molecule is CN=C(NCc1ccc(C(=O)N(C)C)cc1)NC(C)CCS(C)(=O)=O. The first-order chi connectivity index (χ1) is 11.6. The van der Waals surface area contributed by atoms with Crippen LogP contribution in [0.15, 0.2) is 29.3 Å². The minimum absolute atomic E-state index is 0.0130. The van der Waals surface area contributed by atoms with Crippen molar-refractivity contribution in [2.45, 2.75) is 25.9 Å². The zero-order chi connectivity index (χ0) is 19.0. The average molecular weight is 369 g/mol. The molecule has 1 atom stereocenters. The summed E-state index contributed by atoms with van der Waals surface area (Å²) in [5.41, 5.74) is 1.66. The van der Waals surface area contributed by atoms with Gasteiger partial charge in [-0.15, -0.1) is 0 Å². The van der Waals surface area contributed by atoms with E-state index in [9.17, 15) is 13.2 Å². The molecule has 1 amide bonds. The van der Waals surface area contributed by atoms with E-state index in [0.717, 1.165) is 5.56 Å². The zero-order valence-corrected chi connectivity index (χ0v) is 16.4. The van der Waals surface area contributed by atoms with Gasteiger partial charge in [0.15, 0.2) is 5.96 Å². The Hall–Kier alpha value is -2.09. The van der Waals surface area contributed by atoms with Gasteiger partial charge in [-0.2, -0.15) is 0 Å². The molecule has 140 valence electrons. The Bertz CT molecular complexity index is 697. The van der Waals surface area contributed by atoms with E-state index in [0.29, 0.717) is 24.5 Å². The third-order valence-corrected chi connectivity index (χ3v) is 4.57. The van der Waals surface area contributed by atoms with Crippen molar-refractivity contribution in [1.29, 1.82) is 0 Å². The molecule has 0 aliphatic rings. The Morgan fingerprint density at radius 1 is 1.24 bits per heavy atom. The molecule has 7 nitrogen and oxygen atoms in total. The quantitative estimate of drug-likeness (QED) is 0.551. The normalized spacial score (nSPS) is 13.2. The van der Waals surface area contributed by atoms with Crippen LogP contribution in [-0.2, 0) is 16.4 Å². The van der Waals surface area contributed by atoms with Crippen LogP contribution in [0.25, 0.3) is 0 Å². The maximum absolute atomic E-state index is 11.9. The molecule has 8 heteroatoms. The molecule has 0 saturated heterocycles. The first-order valence-corrected chi connectivity index (χ1v) is 10.1. The monoisotopic (exact) mass is 368 g/mol. The molecule has 1 unspecified atom stereocenters. The summed E-state index contributed by atoms with van der Waals surface area (Å²) in [5.74, 6) is 0.714. The van der Waals surface area contributed by atoms with E-state index in [1.54, 1.807) is 33.3 Å². The highest BCUT2D eigenvalue weighted by Gasteiger charge is 2.10. The van der Waals surface area contributed by atoms with Gasteiger partial charge in [-0.05, 0) is 31.0 Å². The Morgan fingerprint density at radius 3 is 2.32 bits per heavy atom. The second-order valence-electron chi connectivity index (χ2n) is 6.29. The van der Waals surface area contributed by atoms with Crippen molar-refractivity contribution in [3.8, 4) is 0 Å². The summed E-state index contributed by atoms with van der Waals surface area (Å²) in [4.78, 5) is 17.5. The lowest BCUT2D eigenvalue weighted by atomic mass is 10.1. The summed E-state index contributed by atoms with van der Waals surface area (Å²) < 4.78 is 22.4. The van der Waals surface area contributed by atoms with E-state index >= 15 is 0 Å². The van der Waals surface area contributed by atoms with Gasteiger partial charge in [0.05, 0.1) is 5.75 Å². The van der Waals surface area contributed by atoms with Gasteiger partial charge in [0.25, 0.3) is 5.91 Å². The number of aliphatic imine (C=N–C) groups is 1. The predicted molar refractivity (Wildman–Crippen MR) is 102 cm³/mol. The second-order valence-corrected chi connectivity index (χ2v) is 8.55. The molecule has 0 radical (unpaired) electrons. The predicted octanol–water partition coefficient (Wildman–Crippen LogP) is 0.877. The highest BCUT2D eigenvalue weighted by atomic mass is 32.2. The van der Waals surface area contributed by atoms with E-state index in [2.05, 4.69) is 15.6 Å². The van der Waals surface area contributed by atoms with Crippen LogP contribution in [0.5, 0.6) is 0 Å². The molecule has 0 heterocycles. The van der Waals surface area contributed by atoms with E-state index in [4.69, 9.17) is 0 Å². The minimum Gasteiger partial charge on any atom is -0.354 e. The molecule has 2 N–H and O–H groups in total. The molecule has 0 saturated carbocycles. The van der Waals surface area contributed by atoms with Gasteiger partial charge < -0.3 is 15.5 Å². The average Bonchev–Trinajstić information content (AvgIpc) is 2.55. The summed E-state index contributed by atoms with van der Waals surface area (Å²) in [6.45, 7) is 2.47. The maximum atomic E-state index is 11.9. The number of amides is 1. The van der Waals surface area contributed by atoms with Crippen LogP contribution < -0.4 is 10.6 Å². The Morgan fingerprint density at radius 2 is 1.84 bits per heavy atom. The van der Waals surface area contributed by atoms with Crippen molar-refractivity contribution in [1.82, 2.24) is 15.5 Å². The van der Waals surface area contributed by atoms with Crippen LogP contribution in [0.2, 0.25) is 0 Å².